The Labute approximate surface area is 105 Å². The summed E-state index contributed by atoms with van der Waals surface area (Å²) in [4.78, 5) is 34.9. The number of carboxylic acid groups (broad SMARTS) is 1. The van der Waals surface area contributed by atoms with Crippen LogP contribution in [0.3, 0.4) is 0 Å². The van der Waals surface area contributed by atoms with E-state index in [4.69, 9.17) is 10.2 Å². The van der Waals surface area contributed by atoms with E-state index in [1.807, 2.05) is 0 Å². The normalized spacial score (nSPS) is 15.2. The molecule has 0 aromatic carbocycles. The van der Waals surface area contributed by atoms with Gasteiger partial charge >= 0.3 is 12.0 Å². The predicted octanol–water partition coefficient (Wildman–Crippen LogP) is -1.40. The Bertz CT molecular complexity index is 329. The van der Waals surface area contributed by atoms with Crippen LogP contribution in [0.25, 0.3) is 0 Å². The molecule has 0 aliphatic heterocycles. The van der Waals surface area contributed by atoms with Crippen LogP contribution in [0.2, 0.25) is 0 Å². The number of hydrogen-bond acceptors (Lipinski definition) is 4. The molecule has 8 heteroatoms. The highest BCUT2D eigenvalue weighted by molar-refractivity contribution is 5.88. The molecule has 8 nitrogen and oxygen atoms in total. The predicted molar refractivity (Wildman–Crippen MR) is 62.9 cm³/mol. The third-order valence-electron chi connectivity index (χ3n) is 2.19. The van der Waals surface area contributed by atoms with Crippen LogP contribution >= 0.6 is 0 Å². The molecule has 4 N–H and O–H groups in total. The average molecular weight is 261 g/mol. The minimum atomic E-state index is -1.42. The van der Waals surface area contributed by atoms with Crippen molar-refractivity contribution in [3.8, 4) is 0 Å². The van der Waals surface area contributed by atoms with Gasteiger partial charge in [0.25, 0.3) is 0 Å². The lowest BCUT2D eigenvalue weighted by Gasteiger charge is -2.21. The van der Waals surface area contributed by atoms with Gasteiger partial charge in [-0.15, -0.1) is 0 Å². The molecule has 3 atom stereocenters. The van der Waals surface area contributed by atoms with E-state index in [-0.39, 0.29) is 5.91 Å². The molecule has 3 amide bonds. The number of carbonyl (C=O) groups is 3. The standard InChI is InChI=1S/C10H19N3O5/c1-5(8(15)13(3)4)11-10(18)12-7(6(2)14)9(16)17/h5-7,14H,1-4H3,(H,16,17)(H2,11,12,18). The Balaban J connectivity index is 4.42. The zero-order valence-corrected chi connectivity index (χ0v) is 10.8. The number of urea groups is 1. The van der Waals surface area contributed by atoms with Gasteiger partial charge in [0, 0.05) is 14.1 Å². The smallest absolute Gasteiger partial charge is 0.328 e. The Hall–Kier alpha value is -1.83. The highest BCUT2D eigenvalue weighted by atomic mass is 16.4. The van der Waals surface area contributed by atoms with Crippen molar-refractivity contribution in [2.24, 2.45) is 0 Å². The number of amides is 3. The molecule has 0 heterocycles. The Morgan fingerprint density at radius 3 is 1.94 bits per heavy atom. The lowest BCUT2D eigenvalue weighted by Crippen LogP contribution is -2.54. The molecule has 0 bridgehead atoms. The first-order valence-corrected chi connectivity index (χ1v) is 5.35. The molecule has 0 saturated heterocycles. The Morgan fingerprint density at radius 1 is 1.11 bits per heavy atom. The Kier molecular flexibility index (Phi) is 6.11. The van der Waals surface area contributed by atoms with Gasteiger partial charge in [0.15, 0.2) is 6.04 Å². The molecule has 0 spiro atoms. The number of likely N-dealkylation sites (N-methyl/N-ethyl adjacent to an activating group) is 1. The van der Waals surface area contributed by atoms with E-state index in [0.717, 1.165) is 0 Å². The highest BCUT2D eigenvalue weighted by Crippen LogP contribution is 1.94. The fourth-order valence-electron chi connectivity index (χ4n) is 1.22. The number of aliphatic carboxylic acids is 1. The summed E-state index contributed by atoms with van der Waals surface area (Å²) in [5.41, 5.74) is 0. The second kappa shape index (κ2) is 6.80. The van der Waals surface area contributed by atoms with Gasteiger partial charge in [0.05, 0.1) is 6.10 Å². The van der Waals surface area contributed by atoms with Crippen molar-refractivity contribution < 1.29 is 24.6 Å². The number of hydrogen-bond donors (Lipinski definition) is 4. The second-order valence-electron chi connectivity index (χ2n) is 4.13. The van der Waals surface area contributed by atoms with Crippen LogP contribution in [-0.4, -0.2) is 65.3 Å². The molecule has 3 unspecified atom stereocenters. The van der Waals surface area contributed by atoms with E-state index < -0.39 is 30.2 Å². The fourth-order valence-corrected chi connectivity index (χ4v) is 1.22. The summed E-state index contributed by atoms with van der Waals surface area (Å²) in [5.74, 6) is -1.68. The Morgan fingerprint density at radius 2 is 1.61 bits per heavy atom. The number of aliphatic hydroxyl groups excluding tert-OH is 1. The molecule has 0 saturated carbocycles. The number of rotatable bonds is 5. The van der Waals surface area contributed by atoms with Crippen LogP contribution in [0.15, 0.2) is 0 Å². The zero-order valence-electron chi connectivity index (χ0n) is 10.8. The number of aliphatic hydroxyl groups is 1. The van der Waals surface area contributed by atoms with E-state index in [1.165, 1.54) is 32.8 Å². The monoisotopic (exact) mass is 261 g/mol. The minimum Gasteiger partial charge on any atom is -0.480 e. The van der Waals surface area contributed by atoms with E-state index in [2.05, 4.69) is 10.6 Å². The summed E-state index contributed by atoms with van der Waals surface area (Å²) in [6.07, 6.45) is -1.24. The van der Waals surface area contributed by atoms with Crippen molar-refractivity contribution in [1.82, 2.24) is 15.5 Å². The molecule has 0 aromatic heterocycles. The average Bonchev–Trinajstić information content (AvgIpc) is 2.23. The molecule has 18 heavy (non-hydrogen) atoms. The lowest BCUT2D eigenvalue weighted by atomic mass is 10.2. The van der Waals surface area contributed by atoms with Crippen molar-refractivity contribution in [3.05, 3.63) is 0 Å². The first-order chi connectivity index (χ1) is 8.16. The van der Waals surface area contributed by atoms with Crippen LogP contribution in [-0.2, 0) is 9.59 Å². The van der Waals surface area contributed by atoms with E-state index in [9.17, 15) is 14.4 Å². The maximum atomic E-state index is 11.4. The summed E-state index contributed by atoms with van der Waals surface area (Å²) < 4.78 is 0. The first kappa shape index (κ1) is 16.2. The summed E-state index contributed by atoms with van der Waals surface area (Å²) >= 11 is 0. The van der Waals surface area contributed by atoms with Gasteiger partial charge in [-0.05, 0) is 13.8 Å². The lowest BCUT2D eigenvalue weighted by molar-refractivity contribution is -0.141. The maximum Gasteiger partial charge on any atom is 0.328 e. The van der Waals surface area contributed by atoms with Crippen molar-refractivity contribution in [3.63, 3.8) is 0 Å². The van der Waals surface area contributed by atoms with Gasteiger partial charge in [0.2, 0.25) is 5.91 Å². The molecule has 0 rings (SSSR count). The quantitative estimate of drug-likeness (QED) is 0.485. The topological polar surface area (TPSA) is 119 Å². The summed E-state index contributed by atoms with van der Waals surface area (Å²) in [6, 6.07) is -3.04. The van der Waals surface area contributed by atoms with Crippen molar-refractivity contribution in [1.29, 1.82) is 0 Å². The van der Waals surface area contributed by atoms with Crippen LogP contribution in [0.4, 0.5) is 4.79 Å². The van der Waals surface area contributed by atoms with Gasteiger partial charge in [-0.25, -0.2) is 9.59 Å². The zero-order chi connectivity index (χ0) is 14.5. The molecule has 0 aliphatic rings. The second-order valence-corrected chi connectivity index (χ2v) is 4.13. The van der Waals surface area contributed by atoms with Gasteiger partial charge in [-0.2, -0.15) is 0 Å². The largest absolute Gasteiger partial charge is 0.480 e. The number of nitrogens with one attached hydrogen (secondary N) is 2. The van der Waals surface area contributed by atoms with Gasteiger partial charge in [-0.1, -0.05) is 0 Å². The molecule has 0 aromatic rings. The highest BCUT2D eigenvalue weighted by Gasteiger charge is 2.26. The third-order valence-corrected chi connectivity index (χ3v) is 2.19. The number of carboxylic acids is 1. The van der Waals surface area contributed by atoms with Crippen LogP contribution in [0, 0.1) is 0 Å². The van der Waals surface area contributed by atoms with Crippen molar-refractivity contribution in [2.75, 3.05) is 14.1 Å². The molecular formula is C10H19N3O5. The molecule has 0 aliphatic carbocycles. The van der Waals surface area contributed by atoms with Gasteiger partial charge in [-0.3, -0.25) is 4.79 Å². The van der Waals surface area contributed by atoms with E-state index in [0.29, 0.717) is 0 Å². The minimum absolute atomic E-state index is 0.325. The van der Waals surface area contributed by atoms with Crippen molar-refractivity contribution in [2.45, 2.75) is 32.0 Å². The fraction of sp³-hybridized carbons (Fsp3) is 0.700. The van der Waals surface area contributed by atoms with Crippen LogP contribution in [0.1, 0.15) is 13.8 Å². The summed E-state index contributed by atoms with van der Waals surface area (Å²) in [7, 11) is 3.07. The maximum absolute atomic E-state index is 11.4. The number of nitrogens with zero attached hydrogens (tertiary/aromatic N) is 1. The van der Waals surface area contributed by atoms with E-state index >= 15 is 0 Å². The summed E-state index contributed by atoms with van der Waals surface area (Å²) in [6.45, 7) is 2.72. The van der Waals surface area contributed by atoms with Crippen molar-refractivity contribution >= 4 is 17.9 Å². The van der Waals surface area contributed by atoms with Crippen LogP contribution in [0.5, 0.6) is 0 Å². The van der Waals surface area contributed by atoms with Gasteiger partial charge < -0.3 is 25.7 Å². The van der Waals surface area contributed by atoms with E-state index in [1.54, 1.807) is 0 Å². The number of carbonyl (C=O) groups excluding carboxylic acids is 2. The van der Waals surface area contributed by atoms with Crippen LogP contribution < -0.4 is 10.6 Å². The van der Waals surface area contributed by atoms with Gasteiger partial charge in [0.1, 0.15) is 6.04 Å². The molecular weight excluding hydrogens is 242 g/mol. The summed E-state index contributed by atoms with van der Waals surface area (Å²) in [5, 5.41) is 22.3. The molecule has 0 fully saturated rings. The first-order valence-electron chi connectivity index (χ1n) is 5.35. The third kappa shape index (κ3) is 5.00. The molecule has 104 valence electrons. The SMILES string of the molecule is CC(NC(=O)NC(C(=O)O)C(C)O)C(=O)N(C)C. The molecule has 0 radical (unpaired) electrons.